The molecule has 0 bridgehead atoms. The number of nitrogens with zero attached hydrogens (tertiary/aromatic N) is 2. The number of aromatic nitrogens is 3. The van der Waals surface area contributed by atoms with Gasteiger partial charge in [0.05, 0.1) is 0 Å². The molecule has 1 aromatic heterocycles. The van der Waals surface area contributed by atoms with Gasteiger partial charge in [-0.2, -0.15) is 5.10 Å². The fourth-order valence-electron chi connectivity index (χ4n) is 1.81. The second kappa shape index (κ2) is 9.62. The number of nitrogens with one attached hydrogen (secondary N) is 2. The summed E-state index contributed by atoms with van der Waals surface area (Å²) in [6.07, 6.45) is 9.83. The molecule has 0 fully saturated rings. The fraction of sp³-hybridized carbons (Fsp3) is 0.769. The van der Waals surface area contributed by atoms with Crippen molar-refractivity contribution < 1.29 is 4.79 Å². The zero-order chi connectivity index (χ0) is 13.1. The lowest BCUT2D eigenvalue weighted by molar-refractivity contribution is -0.121. The second-order valence-corrected chi connectivity index (χ2v) is 4.55. The summed E-state index contributed by atoms with van der Waals surface area (Å²) in [7, 11) is 0. The molecule has 1 heterocycles. The van der Waals surface area contributed by atoms with Gasteiger partial charge in [0.1, 0.15) is 12.2 Å². The van der Waals surface area contributed by atoms with Crippen molar-refractivity contribution in [2.75, 3.05) is 6.54 Å². The summed E-state index contributed by atoms with van der Waals surface area (Å²) in [5.74, 6) is 1.05. The molecular formula is C13H24N4O. The molecule has 0 aliphatic rings. The van der Waals surface area contributed by atoms with Crippen LogP contribution in [0.15, 0.2) is 6.33 Å². The molecule has 0 spiro atoms. The SMILES string of the molecule is CCCCCCCC(=O)NCCCc1ncn[nH]1. The summed E-state index contributed by atoms with van der Waals surface area (Å²) in [5, 5.41) is 9.52. The molecule has 0 saturated heterocycles. The zero-order valence-corrected chi connectivity index (χ0v) is 11.2. The normalized spacial score (nSPS) is 10.5. The Kier molecular flexibility index (Phi) is 7.84. The topological polar surface area (TPSA) is 70.7 Å². The monoisotopic (exact) mass is 252 g/mol. The molecule has 0 radical (unpaired) electrons. The van der Waals surface area contributed by atoms with Crippen molar-refractivity contribution in [3.63, 3.8) is 0 Å². The molecular weight excluding hydrogens is 228 g/mol. The first-order valence-electron chi connectivity index (χ1n) is 6.94. The number of carbonyl (C=O) groups is 1. The summed E-state index contributed by atoms with van der Waals surface area (Å²) in [5.41, 5.74) is 0. The molecule has 0 atom stereocenters. The van der Waals surface area contributed by atoms with Crippen LogP contribution in [-0.4, -0.2) is 27.6 Å². The van der Waals surface area contributed by atoms with Crippen molar-refractivity contribution in [3.05, 3.63) is 12.2 Å². The highest BCUT2D eigenvalue weighted by molar-refractivity contribution is 5.75. The number of amides is 1. The molecule has 0 aromatic carbocycles. The third kappa shape index (κ3) is 7.04. The first-order valence-corrected chi connectivity index (χ1v) is 6.94. The lowest BCUT2D eigenvalue weighted by atomic mass is 10.1. The van der Waals surface area contributed by atoms with Crippen molar-refractivity contribution in [1.82, 2.24) is 20.5 Å². The Morgan fingerprint density at radius 1 is 1.28 bits per heavy atom. The van der Waals surface area contributed by atoms with Gasteiger partial charge in [-0.05, 0) is 12.8 Å². The number of hydrogen-bond donors (Lipinski definition) is 2. The van der Waals surface area contributed by atoms with Crippen LogP contribution in [0.25, 0.3) is 0 Å². The molecule has 0 aliphatic carbocycles. The van der Waals surface area contributed by atoms with Crippen LogP contribution in [0.2, 0.25) is 0 Å². The van der Waals surface area contributed by atoms with Gasteiger partial charge in [0, 0.05) is 19.4 Å². The van der Waals surface area contributed by atoms with Crippen LogP contribution in [0.5, 0.6) is 0 Å². The summed E-state index contributed by atoms with van der Waals surface area (Å²) in [6.45, 7) is 2.91. The maximum absolute atomic E-state index is 11.5. The van der Waals surface area contributed by atoms with Gasteiger partial charge in [0.15, 0.2) is 0 Å². The predicted molar refractivity (Wildman–Crippen MR) is 71.1 cm³/mol. The van der Waals surface area contributed by atoms with Crippen molar-refractivity contribution >= 4 is 5.91 Å². The number of unbranched alkanes of at least 4 members (excludes halogenated alkanes) is 4. The molecule has 0 unspecified atom stereocenters. The van der Waals surface area contributed by atoms with E-state index in [1.165, 1.54) is 32.0 Å². The predicted octanol–water partition coefficient (Wildman–Crippen LogP) is 2.21. The second-order valence-electron chi connectivity index (χ2n) is 4.55. The number of rotatable bonds is 10. The summed E-state index contributed by atoms with van der Waals surface area (Å²) >= 11 is 0. The van der Waals surface area contributed by atoms with E-state index >= 15 is 0 Å². The number of aryl methyl sites for hydroxylation is 1. The quantitative estimate of drug-likeness (QED) is 0.627. The lowest BCUT2D eigenvalue weighted by Crippen LogP contribution is -2.24. The van der Waals surface area contributed by atoms with Crippen LogP contribution in [0.4, 0.5) is 0 Å². The molecule has 5 heteroatoms. The number of hydrogen-bond acceptors (Lipinski definition) is 3. The van der Waals surface area contributed by atoms with E-state index in [1.54, 1.807) is 0 Å². The van der Waals surface area contributed by atoms with Crippen LogP contribution in [-0.2, 0) is 11.2 Å². The fourth-order valence-corrected chi connectivity index (χ4v) is 1.81. The minimum atomic E-state index is 0.170. The van der Waals surface area contributed by atoms with E-state index in [0.29, 0.717) is 13.0 Å². The van der Waals surface area contributed by atoms with Gasteiger partial charge < -0.3 is 5.32 Å². The highest BCUT2D eigenvalue weighted by Gasteiger charge is 2.01. The molecule has 2 N–H and O–H groups in total. The van der Waals surface area contributed by atoms with Gasteiger partial charge in [0.2, 0.25) is 5.91 Å². The summed E-state index contributed by atoms with van der Waals surface area (Å²) in [4.78, 5) is 15.5. The first-order chi connectivity index (χ1) is 8.83. The molecule has 1 aromatic rings. The largest absolute Gasteiger partial charge is 0.356 e. The molecule has 5 nitrogen and oxygen atoms in total. The average Bonchev–Trinajstić information content (AvgIpc) is 2.87. The van der Waals surface area contributed by atoms with E-state index in [-0.39, 0.29) is 5.91 Å². The van der Waals surface area contributed by atoms with E-state index < -0.39 is 0 Å². The van der Waals surface area contributed by atoms with Crippen LogP contribution < -0.4 is 5.32 Å². The Morgan fingerprint density at radius 3 is 2.83 bits per heavy atom. The van der Waals surface area contributed by atoms with Crippen LogP contribution in [0.3, 0.4) is 0 Å². The van der Waals surface area contributed by atoms with Crippen LogP contribution in [0, 0.1) is 0 Å². The van der Waals surface area contributed by atoms with E-state index in [1.807, 2.05) is 0 Å². The van der Waals surface area contributed by atoms with E-state index in [9.17, 15) is 4.79 Å². The van der Waals surface area contributed by atoms with Crippen LogP contribution >= 0.6 is 0 Å². The van der Waals surface area contributed by atoms with Gasteiger partial charge in [-0.3, -0.25) is 9.89 Å². The van der Waals surface area contributed by atoms with Gasteiger partial charge in [-0.15, -0.1) is 0 Å². The number of aromatic amines is 1. The van der Waals surface area contributed by atoms with Gasteiger partial charge >= 0.3 is 0 Å². The maximum atomic E-state index is 11.5. The average molecular weight is 252 g/mol. The third-order valence-corrected chi connectivity index (χ3v) is 2.88. The van der Waals surface area contributed by atoms with Crippen molar-refractivity contribution in [2.24, 2.45) is 0 Å². The maximum Gasteiger partial charge on any atom is 0.219 e. The lowest BCUT2D eigenvalue weighted by Gasteiger charge is -2.04. The zero-order valence-electron chi connectivity index (χ0n) is 11.2. The Bertz CT molecular complexity index is 311. The molecule has 18 heavy (non-hydrogen) atoms. The van der Waals surface area contributed by atoms with Crippen molar-refractivity contribution in [3.8, 4) is 0 Å². The van der Waals surface area contributed by atoms with E-state index in [2.05, 4.69) is 27.4 Å². The number of carbonyl (C=O) groups excluding carboxylic acids is 1. The Labute approximate surface area is 109 Å². The summed E-state index contributed by atoms with van der Waals surface area (Å²) < 4.78 is 0. The third-order valence-electron chi connectivity index (χ3n) is 2.88. The Hall–Kier alpha value is -1.39. The molecule has 102 valence electrons. The van der Waals surface area contributed by atoms with E-state index in [0.717, 1.165) is 25.1 Å². The molecule has 1 amide bonds. The first kappa shape index (κ1) is 14.7. The van der Waals surface area contributed by atoms with E-state index in [4.69, 9.17) is 0 Å². The van der Waals surface area contributed by atoms with Gasteiger partial charge in [-0.25, -0.2) is 4.98 Å². The molecule has 1 rings (SSSR count). The Balaban J connectivity index is 1.90. The molecule has 0 aliphatic heterocycles. The minimum Gasteiger partial charge on any atom is -0.356 e. The van der Waals surface area contributed by atoms with Crippen molar-refractivity contribution in [1.29, 1.82) is 0 Å². The van der Waals surface area contributed by atoms with Crippen LogP contribution in [0.1, 0.15) is 57.7 Å². The minimum absolute atomic E-state index is 0.170. The summed E-state index contributed by atoms with van der Waals surface area (Å²) in [6, 6.07) is 0. The number of H-pyrrole nitrogens is 1. The standard InChI is InChI=1S/C13H24N4O/c1-2-3-4-5-6-9-13(18)14-10-7-8-12-15-11-16-17-12/h11H,2-10H2,1H3,(H,14,18)(H,15,16,17). The van der Waals surface area contributed by atoms with Gasteiger partial charge in [0.25, 0.3) is 0 Å². The Morgan fingerprint density at radius 2 is 2.11 bits per heavy atom. The smallest absolute Gasteiger partial charge is 0.219 e. The van der Waals surface area contributed by atoms with Gasteiger partial charge in [-0.1, -0.05) is 32.6 Å². The highest BCUT2D eigenvalue weighted by Crippen LogP contribution is 2.04. The highest BCUT2D eigenvalue weighted by atomic mass is 16.1. The van der Waals surface area contributed by atoms with Crippen molar-refractivity contribution in [2.45, 2.75) is 58.3 Å². The molecule has 0 saturated carbocycles.